The highest BCUT2D eigenvalue weighted by Gasteiger charge is 2.29. The van der Waals surface area contributed by atoms with E-state index in [1.807, 2.05) is 0 Å². The van der Waals surface area contributed by atoms with Crippen LogP contribution in [0.4, 0.5) is 4.39 Å². The van der Waals surface area contributed by atoms with Gasteiger partial charge in [-0.05, 0) is 37.1 Å². The van der Waals surface area contributed by atoms with Gasteiger partial charge in [-0.1, -0.05) is 12.8 Å². The van der Waals surface area contributed by atoms with Gasteiger partial charge in [-0.2, -0.15) is 0 Å². The van der Waals surface area contributed by atoms with E-state index in [1.54, 1.807) is 17.0 Å². The molecule has 128 valence electrons. The van der Waals surface area contributed by atoms with E-state index in [2.05, 4.69) is 4.98 Å². The van der Waals surface area contributed by atoms with Gasteiger partial charge in [0.15, 0.2) is 0 Å². The molecule has 0 unspecified atom stereocenters. The number of carbonyl (C=O) groups is 1. The minimum Gasteiger partial charge on any atom is -0.467 e. The second kappa shape index (κ2) is 7.57. The van der Waals surface area contributed by atoms with Gasteiger partial charge in [0.05, 0.1) is 12.5 Å². The number of pyridine rings is 1. The normalized spacial score (nSPS) is 19.8. The zero-order valence-corrected chi connectivity index (χ0v) is 13.4. The quantitative estimate of drug-likeness (QED) is 0.933. The highest BCUT2D eigenvalue weighted by Crippen LogP contribution is 2.27. The Hall–Kier alpha value is -2.21. The summed E-state index contributed by atoms with van der Waals surface area (Å²) in [6.07, 6.45) is 6.05. The van der Waals surface area contributed by atoms with E-state index in [-0.39, 0.29) is 17.6 Å². The molecule has 1 fully saturated rings. The maximum absolute atomic E-state index is 13.0. The van der Waals surface area contributed by atoms with Gasteiger partial charge in [0.2, 0.25) is 0 Å². The van der Waals surface area contributed by atoms with Crippen molar-refractivity contribution < 1.29 is 18.7 Å². The van der Waals surface area contributed by atoms with Crippen LogP contribution in [0.1, 0.15) is 54.5 Å². The van der Waals surface area contributed by atoms with Crippen LogP contribution in [0.5, 0.6) is 0 Å². The average Bonchev–Trinajstić information content (AvgIpc) is 3.03. The van der Waals surface area contributed by atoms with Gasteiger partial charge in [-0.3, -0.25) is 4.79 Å². The molecule has 5 nitrogen and oxygen atoms in total. The minimum atomic E-state index is -0.750. The number of carbonyl (C=O) groups excluding carboxylic acids is 1. The smallest absolute Gasteiger partial charge is 0.272 e. The Balaban J connectivity index is 1.76. The summed E-state index contributed by atoms with van der Waals surface area (Å²) in [5, 5.41) is 10.4. The molecule has 1 amide bonds. The van der Waals surface area contributed by atoms with Gasteiger partial charge >= 0.3 is 0 Å². The van der Waals surface area contributed by atoms with Crippen molar-refractivity contribution in [2.45, 2.75) is 44.2 Å². The number of nitrogens with zero attached hydrogens (tertiary/aromatic N) is 2. The van der Waals surface area contributed by atoms with Crippen molar-refractivity contribution in [3.63, 3.8) is 0 Å². The zero-order chi connectivity index (χ0) is 16.9. The summed E-state index contributed by atoms with van der Waals surface area (Å²) in [7, 11) is 0. The summed E-state index contributed by atoms with van der Waals surface area (Å²) < 4.78 is 18.3. The number of amides is 1. The van der Waals surface area contributed by atoms with Crippen molar-refractivity contribution >= 4 is 5.91 Å². The molecule has 3 rings (SSSR count). The fourth-order valence-electron chi connectivity index (χ4n) is 3.19. The van der Waals surface area contributed by atoms with Crippen LogP contribution in [0.25, 0.3) is 0 Å². The van der Waals surface area contributed by atoms with E-state index in [9.17, 15) is 14.3 Å². The molecule has 0 saturated carbocycles. The number of likely N-dealkylation sites (tertiary alicyclic amines) is 1. The number of hydrogen-bond acceptors (Lipinski definition) is 4. The maximum atomic E-state index is 13.0. The molecule has 1 N–H and O–H groups in total. The van der Waals surface area contributed by atoms with E-state index < -0.39 is 11.9 Å². The first-order chi connectivity index (χ1) is 11.6. The highest BCUT2D eigenvalue weighted by molar-refractivity contribution is 5.92. The Morgan fingerprint density at radius 3 is 2.96 bits per heavy atom. The minimum absolute atomic E-state index is 0.0908. The van der Waals surface area contributed by atoms with Crippen LogP contribution < -0.4 is 0 Å². The van der Waals surface area contributed by atoms with E-state index in [0.29, 0.717) is 18.7 Å². The first-order valence-electron chi connectivity index (χ1n) is 8.29. The number of hydrogen-bond donors (Lipinski definition) is 1. The molecular weight excluding hydrogens is 311 g/mol. The van der Waals surface area contributed by atoms with Crippen molar-refractivity contribution in [3.8, 4) is 0 Å². The molecule has 3 heterocycles. The standard InChI is InChI=1S/C18H21FN2O3/c19-13-7-8-15(20-12-13)18(23)21-9-3-1-2-5-14(21)11-16(22)17-6-4-10-24-17/h4,6-8,10,12,14,16,22H,1-3,5,9,11H2/t14-,16-/m1/s1. The molecule has 0 spiro atoms. The number of aromatic nitrogens is 1. The predicted octanol–water partition coefficient (Wildman–Crippen LogP) is 3.32. The van der Waals surface area contributed by atoms with Crippen LogP contribution in [-0.4, -0.2) is 33.5 Å². The molecule has 1 aliphatic rings. The van der Waals surface area contributed by atoms with Crippen molar-refractivity contribution in [3.05, 3.63) is 54.0 Å². The fourth-order valence-corrected chi connectivity index (χ4v) is 3.19. The van der Waals surface area contributed by atoms with Crippen LogP contribution >= 0.6 is 0 Å². The molecule has 1 aliphatic heterocycles. The molecule has 0 aromatic carbocycles. The molecule has 6 heteroatoms. The van der Waals surface area contributed by atoms with Gasteiger partial charge in [-0.25, -0.2) is 9.37 Å². The lowest BCUT2D eigenvalue weighted by molar-refractivity contribution is 0.0552. The van der Waals surface area contributed by atoms with Crippen molar-refractivity contribution in [2.24, 2.45) is 0 Å². The summed E-state index contributed by atoms with van der Waals surface area (Å²) in [4.78, 5) is 18.4. The van der Waals surface area contributed by atoms with Gasteiger partial charge in [0.25, 0.3) is 5.91 Å². The first-order valence-corrected chi connectivity index (χ1v) is 8.29. The van der Waals surface area contributed by atoms with Crippen LogP contribution in [0.3, 0.4) is 0 Å². The number of furan rings is 1. The summed E-state index contributed by atoms with van der Waals surface area (Å²) >= 11 is 0. The maximum Gasteiger partial charge on any atom is 0.272 e. The largest absolute Gasteiger partial charge is 0.467 e. The number of rotatable bonds is 4. The summed E-state index contributed by atoms with van der Waals surface area (Å²) in [5.74, 6) is -0.174. The second-order valence-electron chi connectivity index (χ2n) is 6.13. The molecule has 0 radical (unpaired) electrons. The van der Waals surface area contributed by atoms with E-state index in [0.717, 1.165) is 31.9 Å². The molecule has 24 heavy (non-hydrogen) atoms. The molecule has 2 aromatic rings. The third kappa shape index (κ3) is 3.82. The molecular formula is C18H21FN2O3. The van der Waals surface area contributed by atoms with Crippen molar-refractivity contribution in [1.82, 2.24) is 9.88 Å². The van der Waals surface area contributed by atoms with Crippen molar-refractivity contribution in [1.29, 1.82) is 0 Å². The molecule has 2 atom stereocenters. The van der Waals surface area contributed by atoms with E-state index >= 15 is 0 Å². The summed E-state index contributed by atoms with van der Waals surface area (Å²) in [6.45, 7) is 0.618. The topological polar surface area (TPSA) is 66.6 Å². The molecule has 2 aromatic heterocycles. The molecule has 1 saturated heterocycles. The van der Waals surface area contributed by atoms with Crippen LogP contribution in [0, 0.1) is 5.82 Å². The fraction of sp³-hybridized carbons (Fsp3) is 0.444. The number of aliphatic hydroxyl groups is 1. The third-order valence-corrected chi connectivity index (χ3v) is 4.45. The molecule has 0 aliphatic carbocycles. The van der Waals surface area contributed by atoms with Gasteiger partial charge < -0.3 is 14.4 Å². The summed E-state index contributed by atoms with van der Waals surface area (Å²) in [6, 6.07) is 6.02. The predicted molar refractivity (Wildman–Crippen MR) is 85.8 cm³/mol. The van der Waals surface area contributed by atoms with Crippen LogP contribution in [-0.2, 0) is 0 Å². The SMILES string of the molecule is O=C(c1ccc(F)cn1)N1CCCCC[C@@H]1C[C@@H](O)c1ccco1. The third-order valence-electron chi connectivity index (χ3n) is 4.45. The highest BCUT2D eigenvalue weighted by atomic mass is 19.1. The lowest BCUT2D eigenvalue weighted by Crippen LogP contribution is -2.41. The van der Waals surface area contributed by atoms with Crippen LogP contribution in [0.2, 0.25) is 0 Å². The summed E-state index contributed by atoms with van der Waals surface area (Å²) in [5.41, 5.74) is 0.232. The van der Waals surface area contributed by atoms with Gasteiger partial charge in [0.1, 0.15) is 23.4 Å². The average molecular weight is 332 g/mol. The Bertz CT molecular complexity index is 657. The Morgan fingerprint density at radius 1 is 1.38 bits per heavy atom. The monoisotopic (exact) mass is 332 g/mol. The van der Waals surface area contributed by atoms with E-state index in [1.165, 1.54) is 18.4 Å². The van der Waals surface area contributed by atoms with Gasteiger partial charge in [0, 0.05) is 19.0 Å². The first kappa shape index (κ1) is 16.6. The van der Waals surface area contributed by atoms with E-state index in [4.69, 9.17) is 4.42 Å². The van der Waals surface area contributed by atoms with Crippen LogP contribution in [0.15, 0.2) is 41.1 Å². The Kier molecular flexibility index (Phi) is 5.25. The molecule has 0 bridgehead atoms. The Labute approximate surface area is 140 Å². The lowest BCUT2D eigenvalue weighted by atomic mass is 10.0. The second-order valence-corrected chi connectivity index (χ2v) is 6.13. The van der Waals surface area contributed by atoms with Gasteiger partial charge in [-0.15, -0.1) is 0 Å². The Morgan fingerprint density at radius 2 is 2.25 bits per heavy atom. The number of aliphatic hydroxyl groups excluding tert-OH is 1. The van der Waals surface area contributed by atoms with Crippen molar-refractivity contribution in [2.75, 3.05) is 6.54 Å². The number of halogens is 1. The zero-order valence-electron chi connectivity index (χ0n) is 13.4. The lowest BCUT2D eigenvalue weighted by Gasteiger charge is -2.31.